The number of nitrogens with one attached hydrogen (secondary N) is 2. The maximum atomic E-state index is 5.79. The zero-order chi connectivity index (χ0) is 18.8. The predicted octanol–water partition coefficient (Wildman–Crippen LogP) is 2.92. The third kappa shape index (κ3) is 9.39. The summed E-state index contributed by atoms with van der Waals surface area (Å²) in [7, 11) is 5.86. The number of ether oxygens (including phenoxy) is 1. The Morgan fingerprint density at radius 2 is 2.11 bits per heavy atom. The molecule has 0 saturated heterocycles. The van der Waals surface area contributed by atoms with Crippen LogP contribution in [-0.2, 0) is 13.0 Å². The monoisotopic (exact) mass is 503 g/mol. The van der Waals surface area contributed by atoms with E-state index < -0.39 is 0 Å². The molecule has 0 fully saturated rings. The molecule has 150 valence electrons. The molecule has 0 aliphatic carbocycles. The Morgan fingerprint density at radius 3 is 2.78 bits per heavy atom. The van der Waals surface area contributed by atoms with Gasteiger partial charge in [0.2, 0.25) is 0 Å². The molecular formula is C19H30IN5OS. The number of thiazole rings is 1. The minimum absolute atomic E-state index is 0. The summed E-state index contributed by atoms with van der Waals surface area (Å²) in [4.78, 5) is 12.0. The number of benzene rings is 1. The SMILES string of the molecule is CN=C(NCCc1ncc(C)s1)NCc1cccc(OCCN(C)C)c1.I. The minimum atomic E-state index is 0. The zero-order valence-electron chi connectivity index (χ0n) is 16.5. The van der Waals surface area contributed by atoms with Gasteiger partial charge in [-0.2, -0.15) is 0 Å². The molecule has 6 nitrogen and oxygen atoms in total. The normalized spacial score (nSPS) is 11.2. The number of guanidine groups is 1. The Kier molecular flexibility index (Phi) is 11.3. The first-order valence-electron chi connectivity index (χ1n) is 8.79. The lowest BCUT2D eigenvalue weighted by atomic mass is 10.2. The van der Waals surface area contributed by atoms with Gasteiger partial charge >= 0.3 is 0 Å². The fourth-order valence-electron chi connectivity index (χ4n) is 2.30. The van der Waals surface area contributed by atoms with Gasteiger partial charge in [-0.25, -0.2) is 4.98 Å². The number of likely N-dealkylation sites (N-methyl/N-ethyl adjacent to an activating group) is 1. The lowest BCUT2D eigenvalue weighted by Gasteiger charge is -2.13. The highest BCUT2D eigenvalue weighted by atomic mass is 127. The minimum Gasteiger partial charge on any atom is -0.492 e. The first-order valence-corrected chi connectivity index (χ1v) is 9.61. The van der Waals surface area contributed by atoms with E-state index in [9.17, 15) is 0 Å². The van der Waals surface area contributed by atoms with E-state index in [1.54, 1.807) is 18.4 Å². The number of aryl methyl sites for hydroxylation is 1. The summed E-state index contributed by atoms with van der Waals surface area (Å²) in [5.74, 6) is 1.69. The molecule has 2 rings (SSSR count). The molecule has 8 heteroatoms. The van der Waals surface area contributed by atoms with E-state index in [0.29, 0.717) is 13.2 Å². The van der Waals surface area contributed by atoms with Crippen LogP contribution >= 0.6 is 35.3 Å². The fourth-order valence-corrected chi connectivity index (χ4v) is 3.09. The van der Waals surface area contributed by atoms with Crippen LogP contribution in [0.3, 0.4) is 0 Å². The predicted molar refractivity (Wildman–Crippen MR) is 125 cm³/mol. The Labute approximate surface area is 183 Å². The van der Waals surface area contributed by atoms with Crippen LogP contribution < -0.4 is 15.4 Å². The highest BCUT2D eigenvalue weighted by Gasteiger charge is 2.02. The molecule has 0 aliphatic heterocycles. The maximum Gasteiger partial charge on any atom is 0.191 e. The second-order valence-electron chi connectivity index (χ2n) is 6.27. The van der Waals surface area contributed by atoms with Gasteiger partial charge in [-0.3, -0.25) is 4.99 Å². The smallest absolute Gasteiger partial charge is 0.191 e. The van der Waals surface area contributed by atoms with Gasteiger partial charge in [-0.15, -0.1) is 35.3 Å². The topological polar surface area (TPSA) is 61.8 Å². The van der Waals surface area contributed by atoms with Crippen molar-refractivity contribution in [2.75, 3.05) is 40.8 Å². The van der Waals surface area contributed by atoms with Gasteiger partial charge in [0.15, 0.2) is 5.96 Å². The van der Waals surface area contributed by atoms with E-state index in [4.69, 9.17) is 4.74 Å². The fraction of sp³-hybridized carbons (Fsp3) is 0.474. The van der Waals surface area contributed by atoms with Gasteiger partial charge in [0.05, 0.1) is 5.01 Å². The molecule has 1 aromatic carbocycles. The van der Waals surface area contributed by atoms with E-state index in [1.807, 2.05) is 32.4 Å². The summed E-state index contributed by atoms with van der Waals surface area (Å²) in [5.41, 5.74) is 1.16. The molecule has 0 unspecified atom stereocenters. The maximum absolute atomic E-state index is 5.79. The van der Waals surface area contributed by atoms with Crippen LogP contribution in [0.15, 0.2) is 35.5 Å². The van der Waals surface area contributed by atoms with E-state index in [2.05, 4.69) is 44.6 Å². The first kappa shape index (κ1) is 23.6. The molecule has 0 atom stereocenters. The van der Waals surface area contributed by atoms with Crippen molar-refractivity contribution >= 4 is 41.3 Å². The van der Waals surface area contributed by atoms with Crippen molar-refractivity contribution in [1.29, 1.82) is 0 Å². The molecule has 2 aromatic rings. The largest absolute Gasteiger partial charge is 0.492 e. The summed E-state index contributed by atoms with van der Waals surface area (Å²) in [6, 6.07) is 8.15. The molecular weight excluding hydrogens is 473 g/mol. The lowest BCUT2D eigenvalue weighted by Crippen LogP contribution is -2.37. The van der Waals surface area contributed by atoms with Gasteiger partial charge in [0, 0.05) is 44.2 Å². The van der Waals surface area contributed by atoms with Crippen LogP contribution in [-0.4, -0.2) is 56.7 Å². The van der Waals surface area contributed by atoms with Crippen molar-refractivity contribution in [1.82, 2.24) is 20.5 Å². The first-order chi connectivity index (χ1) is 12.6. The Morgan fingerprint density at radius 1 is 1.30 bits per heavy atom. The van der Waals surface area contributed by atoms with Crippen LogP contribution in [0.4, 0.5) is 0 Å². The Balaban J connectivity index is 0.00000364. The van der Waals surface area contributed by atoms with E-state index >= 15 is 0 Å². The van der Waals surface area contributed by atoms with E-state index in [-0.39, 0.29) is 24.0 Å². The molecule has 0 amide bonds. The standard InChI is InChI=1S/C19H29N5OS.HI/c1-15-13-22-18(26-15)8-9-21-19(20-2)23-14-16-6-5-7-17(12-16)25-11-10-24(3)4;/h5-7,12-13H,8-11,14H2,1-4H3,(H2,20,21,23);1H. The third-order valence-corrected chi connectivity index (χ3v) is 4.66. The van der Waals surface area contributed by atoms with Gasteiger partial charge < -0.3 is 20.3 Å². The molecule has 0 bridgehead atoms. The summed E-state index contributed by atoms with van der Waals surface area (Å²) in [6.07, 6.45) is 2.81. The van der Waals surface area contributed by atoms with Crippen molar-refractivity contribution in [3.05, 3.63) is 45.9 Å². The van der Waals surface area contributed by atoms with Crippen molar-refractivity contribution in [2.45, 2.75) is 19.9 Å². The lowest BCUT2D eigenvalue weighted by molar-refractivity contribution is 0.261. The quantitative estimate of drug-likeness (QED) is 0.313. The number of aliphatic imine (C=N–C) groups is 1. The number of nitrogens with zero attached hydrogens (tertiary/aromatic N) is 3. The molecule has 0 saturated carbocycles. The van der Waals surface area contributed by atoms with Crippen LogP contribution in [0.5, 0.6) is 5.75 Å². The third-order valence-electron chi connectivity index (χ3n) is 3.69. The molecule has 1 aromatic heterocycles. The van der Waals surface area contributed by atoms with Crippen LogP contribution in [0.2, 0.25) is 0 Å². The summed E-state index contributed by atoms with van der Waals surface area (Å²) < 4.78 is 5.79. The highest BCUT2D eigenvalue weighted by Crippen LogP contribution is 2.13. The Hall–Kier alpha value is -1.39. The van der Waals surface area contributed by atoms with Crippen molar-refractivity contribution < 1.29 is 4.74 Å². The zero-order valence-corrected chi connectivity index (χ0v) is 19.6. The summed E-state index contributed by atoms with van der Waals surface area (Å²) >= 11 is 1.74. The van der Waals surface area contributed by atoms with Gasteiger partial charge in [-0.05, 0) is 38.7 Å². The average molecular weight is 503 g/mol. The highest BCUT2D eigenvalue weighted by molar-refractivity contribution is 14.0. The van der Waals surface area contributed by atoms with Gasteiger partial charge in [-0.1, -0.05) is 12.1 Å². The number of hydrogen-bond acceptors (Lipinski definition) is 5. The number of rotatable bonds is 9. The molecule has 1 heterocycles. The van der Waals surface area contributed by atoms with Crippen LogP contribution in [0, 0.1) is 6.92 Å². The number of aromatic nitrogens is 1. The number of hydrogen-bond donors (Lipinski definition) is 2. The Bertz CT molecular complexity index is 705. The molecule has 2 N–H and O–H groups in total. The summed E-state index contributed by atoms with van der Waals surface area (Å²) in [6.45, 7) is 5.16. The van der Waals surface area contributed by atoms with Gasteiger partial charge in [0.1, 0.15) is 12.4 Å². The summed E-state index contributed by atoms with van der Waals surface area (Å²) in [5, 5.41) is 7.81. The number of halogens is 1. The molecule has 0 aliphatic rings. The van der Waals surface area contributed by atoms with Crippen LogP contribution in [0.1, 0.15) is 15.4 Å². The molecule has 27 heavy (non-hydrogen) atoms. The van der Waals surface area contributed by atoms with Crippen molar-refractivity contribution in [2.24, 2.45) is 4.99 Å². The van der Waals surface area contributed by atoms with Crippen LogP contribution in [0.25, 0.3) is 0 Å². The van der Waals surface area contributed by atoms with E-state index in [1.165, 1.54) is 4.88 Å². The second-order valence-corrected chi connectivity index (χ2v) is 7.59. The van der Waals surface area contributed by atoms with E-state index in [0.717, 1.165) is 41.8 Å². The second kappa shape index (κ2) is 12.9. The molecule has 0 radical (unpaired) electrons. The molecule has 0 spiro atoms. The average Bonchev–Trinajstić information content (AvgIpc) is 3.03. The van der Waals surface area contributed by atoms with Crippen molar-refractivity contribution in [3.8, 4) is 5.75 Å². The van der Waals surface area contributed by atoms with Gasteiger partial charge in [0.25, 0.3) is 0 Å². The van der Waals surface area contributed by atoms with Crippen molar-refractivity contribution in [3.63, 3.8) is 0 Å².